The van der Waals surface area contributed by atoms with Crippen LogP contribution in [0.2, 0.25) is 0 Å². The fourth-order valence-corrected chi connectivity index (χ4v) is 2.17. The minimum Gasteiger partial charge on any atom is -0.369 e. The number of amides is 1. The number of rotatable bonds is 8. The Labute approximate surface area is 120 Å². The topological polar surface area (TPSA) is 70.2 Å². The van der Waals surface area contributed by atoms with E-state index in [1.807, 2.05) is 6.92 Å². The molecule has 1 aromatic heterocycles. The molecule has 0 saturated heterocycles. The molecule has 1 heterocycles. The molecule has 1 aliphatic rings. The summed E-state index contributed by atoms with van der Waals surface area (Å²) in [6.07, 6.45) is 2.58. The molecule has 0 atom stereocenters. The molecule has 1 aromatic rings. The van der Waals surface area contributed by atoms with Crippen LogP contribution in [0.3, 0.4) is 0 Å². The molecule has 0 unspecified atom stereocenters. The maximum atomic E-state index is 11.9. The Kier molecular flexibility index (Phi) is 5.29. The van der Waals surface area contributed by atoms with E-state index in [9.17, 15) is 4.79 Å². The molecule has 0 spiro atoms. The molecule has 110 valence electrons. The van der Waals surface area contributed by atoms with Crippen molar-refractivity contribution in [1.29, 1.82) is 0 Å². The van der Waals surface area contributed by atoms with E-state index in [1.165, 1.54) is 12.8 Å². The zero-order valence-electron chi connectivity index (χ0n) is 12.2. The second-order valence-corrected chi connectivity index (χ2v) is 4.95. The maximum Gasteiger partial charge on any atom is 0.271 e. The Hall–Kier alpha value is -1.69. The lowest BCUT2D eigenvalue weighted by atomic mass is 10.3. The summed E-state index contributed by atoms with van der Waals surface area (Å²) in [5.41, 5.74) is 0.362. The van der Waals surface area contributed by atoms with Gasteiger partial charge in [0.2, 0.25) is 0 Å². The zero-order valence-corrected chi connectivity index (χ0v) is 12.2. The summed E-state index contributed by atoms with van der Waals surface area (Å²) in [6, 6.07) is 4.20. The molecular weight excluding hydrogens is 254 g/mol. The highest BCUT2D eigenvalue weighted by Crippen LogP contribution is 2.25. The third kappa shape index (κ3) is 4.16. The molecule has 6 heteroatoms. The Morgan fingerprint density at radius 1 is 1.35 bits per heavy atom. The molecule has 1 aliphatic carbocycles. The summed E-state index contributed by atoms with van der Waals surface area (Å²) in [7, 11) is 0. The lowest BCUT2D eigenvalue weighted by Gasteiger charge is -2.19. The molecule has 6 nitrogen and oxygen atoms in total. The molecule has 0 aromatic carbocycles. The summed E-state index contributed by atoms with van der Waals surface area (Å²) < 4.78 is 0. The number of carbonyl (C=O) groups excluding carboxylic acids is 1. The zero-order chi connectivity index (χ0) is 14.4. The molecule has 1 amide bonds. The van der Waals surface area contributed by atoms with Crippen LogP contribution in [0.1, 0.15) is 37.2 Å². The molecular formula is C14H23N5O. The fraction of sp³-hybridized carbons (Fsp3) is 0.643. The van der Waals surface area contributed by atoms with Gasteiger partial charge in [0.1, 0.15) is 5.82 Å². The van der Waals surface area contributed by atoms with E-state index in [1.54, 1.807) is 12.1 Å². The highest BCUT2D eigenvalue weighted by molar-refractivity contribution is 5.92. The first kappa shape index (κ1) is 14.7. The van der Waals surface area contributed by atoms with E-state index in [4.69, 9.17) is 0 Å². The Morgan fingerprint density at radius 3 is 2.70 bits per heavy atom. The molecule has 2 N–H and O–H groups in total. The van der Waals surface area contributed by atoms with Gasteiger partial charge in [0.25, 0.3) is 5.91 Å². The molecule has 0 radical (unpaired) electrons. The van der Waals surface area contributed by atoms with Crippen LogP contribution in [0.4, 0.5) is 5.82 Å². The molecule has 1 fully saturated rings. The number of hydrogen-bond acceptors (Lipinski definition) is 5. The largest absolute Gasteiger partial charge is 0.369 e. The van der Waals surface area contributed by atoms with Crippen LogP contribution in [0.15, 0.2) is 12.1 Å². The van der Waals surface area contributed by atoms with Gasteiger partial charge in [-0.25, -0.2) is 0 Å². The van der Waals surface area contributed by atoms with Crippen LogP contribution in [0, 0.1) is 0 Å². The normalized spacial score (nSPS) is 14.3. The van der Waals surface area contributed by atoms with Crippen LogP contribution in [-0.4, -0.2) is 53.2 Å². The van der Waals surface area contributed by atoms with Crippen LogP contribution < -0.4 is 10.6 Å². The molecule has 0 bridgehead atoms. The molecule has 1 saturated carbocycles. The number of likely N-dealkylation sites (N-methyl/N-ethyl adjacent to an activating group) is 1. The Morgan fingerprint density at radius 2 is 2.15 bits per heavy atom. The fourth-order valence-electron chi connectivity index (χ4n) is 2.17. The van der Waals surface area contributed by atoms with E-state index in [-0.39, 0.29) is 5.91 Å². The molecule has 20 heavy (non-hydrogen) atoms. The van der Waals surface area contributed by atoms with Crippen molar-refractivity contribution < 1.29 is 4.79 Å². The minimum absolute atomic E-state index is 0.160. The monoisotopic (exact) mass is 277 g/mol. The first-order valence-corrected chi connectivity index (χ1v) is 7.34. The Bertz CT molecular complexity index is 430. The smallest absolute Gasteiger partial charge is 0.271 e. The maximum absolute atomic E-state index is 11.9. The Balaban J connectivity index is 1.76. The molecule has 2 rings (SSSR count). The third-order valence-electron chi connectivity index (χ3n) is 3.41. The quantitative estimate of drug-likeness (QED) is 0.745. The average Bonchev–Trinajstić information content (AvgIpc) is 3.29. The number of nitrogens with one attached hydrogen (secondary N) is 2. The van der Waals surface area contributed by atoms with Gasteiger partial charge in [-0.2, -0.15) is 0 Å². The number of aromatic nitrogens is 2. The van der Waals surface area contributed by atoms with Crippen molar-refractivity contribution in [1.82, 2.24) is 20.4 Å². The summed E-state index contributed by atoms with van der Waals surface area (Å²) in [5, 5.41) is 13.8. The minimum atomic E-state index is -0.160. The van der Waals surface area contributed by atoms with Crippen molar-refractivity contribution in [3.63, 3.8) is 0 Å². The van der Waals surface area contributed by atoms with Crippen LogP contribution in [0.5, 0.6) is 0 Å². The SMILES string of the molecule is CCNc1ccc(C(=O)NCCN(CC)C2CC2)nn1. The van der Waals surface area contributed by atoms with Crippen molar-refractivity contribution in [3.05, 3.63) is 17.8 Å². The summed E-state index contributed by atoms with van der Waals surface area (Å²) in [4.78, 5) is 14.3. The van der Waals surface area contributed by atoms with E-state index in [2.05, 4.69) is 32.7 Å². The van der Waals surface area contributed by atoms with E-state index < -0.39 is 0 Å². The average molecular weight is 277 g/mol. The van der Waals surface area contributed by atoms with Crippen molar-refractivity contribution >= 4 is 11.7 Å². The number of carbonyl (C=O) groups is 1. The van der Waals surface area contributed by atoms with Crippen molar-refractivity contribution in [2.24, 2.45) is 0 Å². The van der Waals surface area contributed by atoms with E-state index in [0.717, 1.165) is 25.7 Å². The van der Waals surface area contributed by atoms with Gasteiger partial charge in [0.15, 0.2) is 5.69 Å². The number of anilines is 1. The third-order valence-corrected chi connectivity index (χ3v) is 3.41. The first-order valence-electron chi connectivity index (χ1n) is 7.34. The predicted molar refractivity (Wildman–Crippen MR) is 78.8 cm³/mol. The highest BCUT2D eigenvalue weighted by Gasteiger charge is 2.27. The molecule has 0 aliphatic heterocycles. The van der Waals surface area contributed by atoms with Gasteiger partial charge in [-0.3, -0.25) is 9.69 Å². The van der Waals surface area contributed by atoms with Crippen LogP contribution >= 0.6 is 0 Å². The van der Waals surface area contributed by atoms with Gasteiger partial charge in [-0.15, -0.1) is 10.2 Å². The highest BCUT2D eigenvalue weighted by atomic mass is 16.1. The second kappa shape index (κ2) is 7.19. The lowest BCUT2D eigenvalue weighted by molar-refractivity contribution is 0.0942. The predicted octanol–water partition coefficient (Wildman–Crippen LogP) is 1.12. The number of hydrogen-bond donors (Lipinski definition) is 2. The summed E-state index contributed by atoms with van der Waals surface area (Å²) in [5.74, 6) is 0.530. The van der Waals surface area contributed by atoms with Crippen molar-refractivity contribution in [2.45, 2.75) is 32.7 Å². The standard InChI is InChI=1S/C14H23N5O/c1-3-15-13-8-7-12(17-18-13)14(20)16-9-10-19(4-2)11-5-6-11/h7-8,11H,3-6,9-10H2,1-2H3,(H,15,18)(H,16,20). The van der Waals surface area contributed by atoms with Gasteiger partial charge in [-0.1, -0.05) is 6.92 Å². The lowest BCUT2D eigenvalue weighted by Crippen LogP contribution is -2.36. The van der Waals surface area contributed by atoms with Gasteiger partial charge in [-0.05, 0) is 38.4 Å². The number of nitrogens with zero attached hydrogens (tertiary/aromatic N) is 3. The van der Waals surface area contributed by atoms with Crippen molar-refractivity contribution in [2.75, 3.05) is 31.5 Å². The van der Waals surface area contributed by atoms with Crippen LogP contribution in [0.25, 0.3) is 0 Å². The van der Waals surface area contributed by atoms with Gasteiger partial charge < -0.3 is 10.6 Å². The van der Waals surface area contributed by atoms with Crippen LogP contribution in [-0.2, 0) is 0 Å². The first-order chi connectivity index (χ1) is 9.74. The van der Waals surface area contributed by atoms with Gasteiger partial charge in [0.05, 0.1) is 0 Å². The second-order valence-electron chi connectivity index (χ2n) is 4.95. The summed E-state index contributed by atoms with van der Waals surface area (Å²) in [6.45, 7) is 7.52. The summed E-state index contributed by atoms with van der Waals surface area (Å²) >= 11 is 0. The van der Waals surface area contributed by atoms with Gasteiger partial charge >= 0.3 is 0 Å². The van der Waals surface area contributed by atoms with E-state index >= 15 is 0 Å². The van der Waals surface area contributed by atoms with Crippen molar-refractivity contribution in [3.8, 4) is 0 Å². The van der Waals surface area contributed by atoms with Gasteiger partial charge in [0, 0.05) is 25.7 Å². The van der Waals surface area contributed by atoms with E-state index in [0.29, 0.717) is 18.1 Å².